The Kier molecular flexibility index (Phi) is 20.7. The summed E-state index contributed by atoms with van der Waals surface area (Å²) in [5, 5.41) is 8.21. The molecule has 0 aliphatic heterocycles. The van der Waals surface area contributed by atoms with Crippen LogP contribution in [0.2, 0.25) is 0 Å². The largest absolute Gasteiger partial charge is 0.381 e. The summed E-state index contributed by atoms with van der Waals surface area (Å²) < 4.78 is 17.3. The highest BCUT2D eigenvalue weighted by Gasteiger charge is 2.10. The first-order valence-electron chi connectivity index (χ1n) is 11.9. The third-order valence-corrected chi connectivity index (χ3v) is 4.62. The second-order valence-electron chi connectivity index (χ2n) is 7.76. The molecule has 1 atom stereocenters. The maximum absolute atomic E-state index is 11.4. The van der Waals surface area contributed by atoms with E-state index in [1.165, 1.54) is 12.2 Å². The van der Waals surface area contributed by atoms with E-state index in [-0.39, 0.29) is 23.8 Å². The van der Waals surface area contributed by atoms with Crippen molar-refractivity contribution in [3.63, 3.8) is 0 Å². The minimum absolute atomic E-state index is 0.0461. The summed E-state index contributed by atoms with van der Waals surface area (Å²) in [5.74, 6) is -0.511. The Hall–Kier alpha value is -2.49. The first kappa shape index (κ1) is 31.5. The van der Waals surface area contributed by atoms with Gasteiger partial charge in [-0.2, -0.15) is 0 Å². The van der Waals surface area contributed by atoms with E-state index >= 15 is 0 Å². The fourth-order valence-electron chi connectivity index (χ4n) is 2.70. The van der Waals surface area contributed by atoms with E-state index in [1.807, 2.05) is 0 Å². The molecule has 194 valence electrons. The van der Waals surface area contributed by atoms with Gasteiger partial charge in [0.2, 0.25) is 17.7 Å². The van der Waals surface area contributed by atoms with Crippen LogP contribution in [0.25, 0.3) is 0 Å². The first-order valence-corrected chi connectivity index (χ1v) is 11.9. The summed E-state index contributed by atoms with van der Waals surface area (Å²) in [6.07, 6.45) is 7.29. The molecule has 0 aliphatic rings. The molecule has 0 rings (SSSR count). The molecule has 0 spiro atoms. The molecule has 0 radical (unpaired) electrons. The van der Waals surface area contributed by atoms with Gasteiger partial charge in [0.05, 0.1) is 12.7 Å². The van der Waals surface area contributed by atoms with Crippen LogP contribution < -0.4 is 16.0 Å². The predicted octanol–water partition coefficient (Wildman–Crippen LogP) is 2.04. The van der Waals surface area contributed by atoms with Crippen molar-refractivity contribution in [2.24, 2.45) is 0 Å². The van der Waals surface area contributed by atoms with E-state index < -0.39 is 0 Å². The van der Waals surface area contributed by atoms with Gasteiger partial charge in [0, 0.05) is 51.6 Å². The lowest BCUT2D eigenvalue weighted by Gasteiger charge is -2.18. The zero-order valence-electron chi connectivity index (χ0n) is 20.7. The molecule has 0 saturated heterocycles. The Morgan fingerprint density at radius 3 is 1.88 bits per heavy atom. The van der Waals surface area contributed by atoms with E-state index in [1.54, 1.807) is 6.92 Å². The number of amides is 3. The maximum Gasteiger partial charge on any atom is 0.246 e. The lowest BCUT2D eigenvalue weighted by atomic mass is 10.1. The molecule has 0 aliphatic carbocycles. The second-order valence-corrected chi connectivity index (χ2v) is 7.76. The number of ether oxygens (including phenoxy) is 3. The van der Waals surface area contributed by atoms with Crippen LogP contribution in [0.5, 0.6) is 0 Å². The number of unbranched alkanes of at least 4 members (excludes halogenated alkanes) is 1. The monoisotopic (exact) mass is 481 g/mol. The number of hydrogen-bond donors (Lipinski definition) is 3. The first-order chi connectivity index (χ1) is 16.4. The molecule has 3 N–H and O–H groups in total. The predicted molar refractivity (Wildman–Crippen MR) is 133 cm³/mol. The molecular formula is C25H43N3O6. The molecule has 1 unspecified atom stereocenters. The molecule has 0 aromatic rings. The SMILES string of the molecule is C=CC(=O)NCCCOCC(CCCCOCCCNC(=O)C(=C)C)OCCCNC(=O)C=C. The lowest BCUT2D eigenvalue weighted by Crippen LogP contribution is -2.26. The molecule has 34 heavy (non-hydrogen) atoms. The van der Waals surface area contributed by atoms with Gasteiger partial charge in [-0.15, -0.1) is 0 Å². The van der Waals surface area contributed by atoms with Gasteiger partial charge >= 0.3 is 0 Å². The van der Waals surface area contributed by atoms with Crippen LogP contribution in [0.15, 0.2) is 37.5 Å². The summed E-state index contributed by atoms with van der Waals surface area (Å²) >= 11 is 0. The molecule has 9 heteroatoms. The normalized spacial score (nSPS) is 11.3. The fourth-order valence-corrected chi connectivity index (χ4v) is 2.70. The molecular weight excluding hydrogens is 438 g/mol. The van der Waals surface area contributed by atoms with Crippen molar-refractivity contribution >= 4 is 17.7 Å². The topological polar surface area (TPSA) is 115 Å². The van der Waals surface area contributed by atoms with Gasteiger partial charge in [0.15, 0.2) is 0 Å². The summed E-state index contributed by atoms with van der Waals surface area (Å²) in [7, 11) is 0. The molecule has 3 amide bonds. The Morgan fingerprint density at radius 1 is 0.765 bits per heavy atom. The zero-order chi connectivity index (χ0) is 25.4. The van der Waals surface area contributed by atoms with Gasteiger partial charge in [0.25, 0.3) is 0 Å². The highest BCUT2D eigenvalue weighted by atomic mass is 16.5. The van der Waals surface area contributed by atoms with Gasteiger partial charge in [-0.25, -0.2) is 0 Å². The van der Waals surface area contributed by atoms with E-state index in [0.29, 0.717) is 71.1 Å². The third-order valence-electron chi connectivity index (χ3n) is 4.62. The van der Waals surface area contributed by atoms with Crippen LogP contribution >= 0.6 is 0 Å². The van der Waals surface area contributed by atoms with Gasteiger partial charge < -0.3 is 30.2 Å². The van der Waals surface area contributed by atoms with Crippen LogP contribution in [0.3, 0.4) is 0 Å². The standard InChI is InChI=1S/C25H43N3O6/c1-5-23(29)26-13-9-18-33-20-22(34-19-11-14-27-24(30)6-2)12-7-8-16-32-17-10-15-28-25(31)21(3)4/h5-6,22H,1-3,7-20H2,4H3,(H,26,29)(H,27,30)(H,28,31). The lowest BCUT2D eigenvalue weighted by molar-refractivity contribution is -0.118. The van der Waals surface area contributed by atoms with E-state index in [2.05, 4.69) is 35.7 Å². The summed E-state index contributed by atoms with van der Waals surface area (Å²) in [5.41, 5.74) is 0.502. The Labute approximate surface area is 204 Å². The summed E-state index contributed by atoms with van der Waals surface area (Å²) in [6, 6.07) is 0. The quantitative estimate of drug-likeness (QED) is 0.152. The minimum atomic E-state index is -0.193. The molecule has 0 heterocycles. The number of nitrogens with one attached hydrogen (secondary N) is 3. The van der Waals surface area contributed by atoms with Crippen molar-refractivity contribution in [3.05, 3.63) is 37.5 Å². The van der Waals surface area contributed by atoms with Gasteiger partial charge in [-0.05, 0) is 57.6 Å². The van der Waals surface area contributed by atoms with Crippen molar-refractivity contribution in [3.8, 4) is 0 Å². The van der Waals surface area contributed by atoms with Crippen LogP contribution in [0, 0.1) is 0 Å². The van der Waals surface area contributed by atoms with Crippen LogP contribution in [-0.2, 0) is 28.6 Å². The molecule has 0 aromatic carbocycles. The third kappa shape index (κ3) is 20.1. The minimum Gasteiger partial charge on any atom is -0.381 e. The van der Waals surface area contributed by atoms with Gasteiger partial charge in [-0.1, -0.05) is 19.7 Å². The average Bonchev–Trinajstić information content (AvgIpc) is 2.83. The molecule has 0 bridgehead atoms. The smallest absolute Gasteiger partial charge is 0.246 e. The van der Waals surface area contributed by atoms with Crippen LogP contribution in [-0.4, -0.2) is 76.5 Å². The van der Waals surface area contributed by atoms with E-state index in [9.17, 15) is 14.4 Å². The molecule has 0 fully saturated rings. The van der Waals surface area contributed by atoms with E-state index in [4.69, 9.17) is 14.2 Å². The fraction of sp³-hybridized carbons (Fsp3) is 0.640. The molecule has 0 aromatic heterocycles. The summed E-state index contributed by atoms with van der Waals surface area (Å²) in [6.45, 7) is 16.5. The molecule has 9 nitrogen and oxygen atoms in total. The number of hydrogen-bond acceptors (Lipinski definition) is 6. The van der Waals surface area contributed by atoms with Gasteiger partial charge in [-0.3, -0.25) is 14.4 Å². The summed E-state index contributed by atoms with van der Waals surface area (Å²) in [4.78, 5) is 33.7. The van der Waals surface area contributed by atoms with Crippen molar-refractivity contribution in [2.75, 3.05) is 52.7 Å². The van der Waals surface area contributed by atoms with E-state index in [0.717, 1.165) is 25.7 Å². The Morgan fingerprint density at radius 2 is 1.29 bits per heavy atom. The van der Waals surface area contributed by atoms with Crippen molar-refractivity contribution in [1.29, 1.82) is 0 Å². The van der Waals surface area contributed by atoms with Gasteiger partial charge in [0.1, 0.15) is 0 Å². The highest BCUT2D eigenvalue weighted by Crippen LogP contribution is 2.07. The van der Waals surface area contributed by atoms with Crippen molar-refractivity contribution in [2.45, 2.75) is 51.6 Å². The average molecular weight is 482 g/mol. The Bertz CT molecular complexity index is 624. The van der Waals surface area contributed by atoms with Crippen molar-refractivity contribution in [1.82, 2.24) is 16.0 Å². The second kappa shape index (κ2) is 22.3. The maximum atomic E-state index is 11.4. The highest BCUT2D eigenvalue weighted by molar-refractivity contribution is 5.92. The number of carbonyl (C=O) groups is 3. The van der Waals surface area contributed by atoms with Crippen LogP contribution in [0.1, 0.15) is 45.4 Å². The Balaban J connectivity index is 4.01. The molecule has 0 saturated carbocycles. The zero-order valence-corrected chi connectivity index (χ0v) is 20.7. The van der Waals surface area contributed by atoms with Crippen LogP contribution in [0.4, 0.5) is 0 Å². The van der Waals surface area contributed by atoms with Crippen molar-refractivity contribution < 1.29 is 28.6 Å². The number of carbonyl (C=O) groups excluding carboxylic acids is 3. The number of rotatable bonds is 23.